The van der Waals surface area contributed by atoms with Crippen molar-refractivity contribution in [3.8, 4) is 11.5 Å². The Hall–Kier alpha value is -3.44. The maximum atomic E-state index is 13.1. The lowest BCUT2D eigenvalue weighted by molar-refractivity contribution is 0.0979. The third kappa shape index (κ3) is 3.19. The first-order valence-corrected chi connectivity index (χ1v) is 9.64. The highest BCUT2D eigenvalue weighted by Crippen LogP contribution is 2.33. The minimum atomic E-state index is -0.151. The molecule has 1 aliphatic heterocycles. The number of carbonyl (C=O) groups is 2. The molecular formula is C24H19NO4. The standard InChI is InChI=1S/C24H19NO4/c26-23-20-9-7-18(29-17-4-2-1-3-5-17)15-22(20)24(27)19-8-6-16(14-21(19)23)25-10-12-28-13-11-25/h1-9,14-15H,10-13H2. The molecule has 5 heteroatoms. The average molecular weight is 385 g/mol. The first kappa shape index (κ1) is 17.6. The van der Waals surface area contributed by atoms with Crippen molar-refractivity contribution < 1.29 is 19.1 Å². The van der Waals surface area contributed by atoms with E-state index in [-0.39, 0.29) is 11.6 Å². The molecule has 2 aliphatic rings. The SMILES string of the molecule is O=C1c2ccc(N3CCOCC3)cc2C(=O)c2ccc(Oc3ccccc3)cc21. The smallest absolute Gasteiger partial charge is 0.194 e. The minimum absolute atomic E-state index is 0.129. The zero-order chi connectivity index (χ0) is 19.8. The molecule has 0 aromatic heterocycles. The Morgan fingerprint density at radius 1 is 0.690 bits per heavy atom. The number of ketones is 2. The van der Waals surface area contributed by atoms with Crippen LogP contribution < -0.4 is 9.64 Å². The fourth-order valence-corrected chi connectivity index (χ4v) is 3.82. The van der Waals surface area contributed by atoms with Crippen molar-refractivity contribution >= 4 is 17.3 Å². The zero-order valence-electron chi connectivity index (χ0n) is 15.8. The zero-order valence-corrected chi connectivity index (χ0v) is 15.8. The molecule has 0 spiro atoms. The van der Waals surface area contributed by atoms with Gasteiger partial charge >= 0.3 is 0 Å². The average Bonchev–Trinajstić information content (AvgIpc) is 2.78. The van der Waals surface area contributed by atoms with Gasteiger partial charge in [-0.25, -0.2) is 0 Å². The number of anilines is 1. The van der Waals surface area contributed by atoms with Crippen LogP contribution in [-0.4, -0.2) is 37.9 Å². The Bertz CT molecular complexity index is 1100. The number of ether oxygens (including phenoxy) is 2. The molecule has 0 atom stereocenters. The molecule has 3 aromatic rings. The molecule has 0 bridgehead atoms. The van der Waals surface area contributed by atoms with Crippen molar-refractivity contribution in [1.29, 1.82) is 0 Å². The van der Waals surface area contributed by atoms with Crippen LogP contribution in [0.15, 0.2) is 66.7 Å². The van der Waals surface area contributed by atoms with Gasteiger partial charge in [0.25, 0.3) is 0 Å². The van der Waals surface area contributed by atoms with Crippen molar-refractivity contribution in [2.24, 2.45) is 0 Å². The van der Waals surface area contributed by atoms with Crippen LogP contribution in [0.25, 0.3) is 0 Å². The van der Waals surface area contributed by atoms with Crippen LogP contribution in [0.5, 0.6) is 11.5 Å². The molecule has 0 unspecified atom stereocenters. The second kappa shape index (κ2) is 7.18. The summed E-state index contributed by atoms with van der Waals surface area (Å²) in [5.41, 5.74) is 2.65. The van der Waals surface area contributed by atoms with E-state index < -0.39 is 0 Å². The Labute approximate surface area is 168 Å². The number of para-hydroxylation sites is 1. The van der Waals surface area contributed by atoms with Gasteiger partial charge in [0.1, 0.15) is 11.5 Å². The van der Waals surface area contributed by atoms with E-state index in [0.717, 1.165) is 18.8 Å². The number of hydrogen-bond donors (Lipinski definition) is 0. The van der Waals surface area contributed by atoms with E-state index in [1.54, 1.807) is 24.3 Å². The van der Waals surface area contributed by atoms with Crippen LogP contribution in [0.2, 0.25) is 0 Å². The van der Waals surface area contributed by atoms with Gasteiger partial charge in [0.15, 0.2) is 11.6 Å². The summed E-state index contributed by atoms with van der Waals surface area (Å²) in [5.74, 6) is 0.930. The number of benzene rings is 3. The topological polar surface area (TPSA) is 55.8 Å². The molecule has 1 aliphatic carbocycles. The Balaban J connectivity index is 1.49. The molecule has 1 saturated heterocycles. The van der Waals surface area contributed by atoms with Crippen LogP contribution in [0.4, 0.5) is 5.69 Å². The molecule has 1 fully saturated rings. The van der Waals surface area contributed by atoms with E-state index >= 15 is 0 Å². The molecular weight excluding hydrogens is 366 g/mol. The highest BCUT2D eigenvalue weighted by atomic mass is 16.5. The van der Waals surface area contributed by atoms with Gasteiger partial charge in [-0.2, -0.15) is 0 Å². The molecule has 3 aromatic carbocycles. The summed E-state index contributed by atoms with van der Waals surface area (Å²) >= 11 is 0. The van der Waals surface area contributed by atoms with Gasteiger partial charge in [0, 0.05) is 41.0 Å². The second-order valence-corrected chi connectivity index (χ2v) is 7.11. The molecule has 5 rings (SSSR count). The van der Waals surface area contributed by atoms with Crippen molar-refractivity contribution in [3.05, 3.63) is 89.0 Å². The summed E-state index contributed by atoms with van der Waals surface area (Å²) in [7, 11) is 0. The molecule has 0 saturated carbocycles. The van der Waals surface area contributed by atoms with E-state index in [2.05, 4.69) is 4.90 Å². The number of fused-ring (bicyclic) bond motifs is 2. The summed E-state index contributed by atoms with van der Waals surface area (Å²) in [6.07, 6.45) is 0. The molecule has 5 nitrogen and oxygen atoms in total. The fraction of sp³-hybridized carbons (Fsp3) is 0.167. The van der Waals surface area contributed by atoms with E-state index in [4.69, 9.17) is 9.47 Å². The van der Waals surface area contributed by atoms with E-state index in [1.165, 1.54) is 0 Å². The minimum Gasteiger partial charge on any atom is -0.457 e. The highest BCUT2D eigenvalue weighted by molar-refractivity contribution is 6.28. The largest absolute Gasteiger partial charge is 0.457 e. The van der Waals surface area contributed by atoms with Gasteiger partial charge < -0.3 is 14.4 Å². The Morgan fingerprint density at radius 3 is 2.07 bits per heavy atom. The third-order valence-corrected chi connectivity index (χ3v) is 5.33. The molecule has 144 valence electrons. The van der Waals surface area contributed by atoms with Crippen molar-refractivity contribution in [2.45, 2.75) is 0 Å². The van der Waals surface area contributed by atoms with Gasteiger partial charge in [0.05, 0.1) is 13.2 Å². The monoisotopic (exact) mass is 385 g/mol. The number of rotatable bonds is 3. The maximum Gasteiger partial charge on any atom is 0.194 e. The molecule has 0 amide bonds. The van der Waals surface area contributed by atoms with Gasteiger partial charge in [-0.05, 0) is 48.5 Å². The van der Waals surface area contributed by atoms with E-state index in [1.807, 2.05) is 42.5 Å². The predicted molar refractivity (Wildman–Crippen MR) is 109 cm³/mol. The van der Waals surface area contributed by atoms with Crippen molar-refractivity contribution in [1.82, 2.24) is 0 Å². The van der Waals surface area contributed by atoms with Crippen LogP contribution in [0.3, 0.4) is 0 Å². The quantitative estimate of drug-likeness (QED) is 0.532. The number of carbonyl (C=O) groups excluding carboxylic acids is 2. The summed E-state index contributed by atoms with van der Waals surface area (Å²) in [6.45, 7) is 2.88. The summed E-state index contributed by atoms with van der Waals surface area (Å²) in [5, 5.41) is 0. The van der Waals surface area contributed by atoms with Crippen LogP contribution in [0.1, 0.15) is 31.8 Å². The van der Waals surface area contributed by atoms with Gasteiger partial charge in [-0.1, -0.05) is 18.2 Å². The number of nitrogens with zero attached hydrogens (tertiary/aromatic N) is 1. The lowest BCUT2D eigenvalue weighted by Gasteiger charge is -2.30. The summed E-state index contributed by atoms with van der Waals surface area (Å²) < 4.78 is 11.2. The second-order valence-electron chi connectivity index (χ2n) is 7.11. The molecule has 0 radical (unpaired) electrons. The third-order valence-electron chi connectivity index (χ3n) is 5.33. The summed E-state index contributed by atoms with van der Waals surface area (Å²) in [4.78, 5) is 28.4. The first-order valence-electron chi connectivity index (χ1n) is 9.64. The first-order chi connectivity index (χ1) is 14.2. The highest BCUT2D eigenvalue weighted by Gasteiger charge is 2.31. The Morgan fingerprint density at radius 2 is 1.34 bits per heavy atom. The lowest BCUT2D eigenvalue weighted by Crippen LogP contribution is -2.36. The van der Waals surface area contributed by atoms with E-state index in [9.17, 15) is 9.59 Å². The van der Waals surface area contributed by atoms with Crippen LogP contribution >= 0.6 is 0 Å². The van der Waals surface area contributed by atoms with Crippen molar-refractivity contribution in [3.63, 3.8) is 0 Å². The number of morpholine rings is 1. The Kier molecular flexibility index (Phi) is 4.37. The van der Waals surface area contributed by atoms with Gasteiger partial charge in [0.2, 0.25) is 0 Å². The van der Waals surface area contributed by atoms with Gasteiger partial charge in [-0.15, -0.1) is 0 Å². The molecule has 29 heavy (non-hydrogen) atoms. The number of hydrogen-bond acceptors (Lipinski definition) is 5. The summed E-state index contributed by atoms with van der Waals surface area (Å²) in [6, 6.07) is 19.9. The fourth-order valence-electron chi connectivity index (χ4n) is 3.82. The predicted octanol–water partition coefficient (Wildman–Crippen LogP) is 4.09. The van der Waals surface area contributed by atoms with Crippen molar-refractivity contribution in [2.75, 3.05) is 31.2 Å². The molecule has 0 N–H and O–H groups in total. The van der Waals surface area contributed by atoms with Crippen LogP contribution in [-0.2, 0) is 4.74 Å². The maximum absolute atomic E-state index is 13.1. The lowest BCUT2D eigenvalue weighted by atomic mass is 9.83. The van der Waals surface area contributed by atoms with Gasteiger partial charge in [-0.3, -0.25) is 9.59 Å². The molecule has 1 heterocycles. The normalized spacial score (nSPS) is 15.7. The van der Waals surface area contributed by atoms with E-state index in [0.29, 0.717) is 47.0 Å². The van der Waals surface area contributed by atoms with Crippen LogP contribution in [0, 0.1) is 0 Å².